The van der Waals surface area contributed by atoms with E-state index in [1.54, 1.807) is 0 Å². The van der Waals surface area contributed by atoms with Crippen LogP contribution in [-0.4, -0.2) is 26.1 Å². The Hall–Kier alpha value is 1.17. The highest BCUT2D eigenvalue weighted by Gasteiger charge is 2.70. The molecule has 0 bridgehead atoms. The van der Waals surface area contributed by atoms with Gasteiger partial charge in [0.05, 0.1) is 0 Å². The van der Waals surface area contributed by atoms with E-state index in [1.165, 1.54) is 89.9 Å². The maximum Gasteiger partial charge on any atom is 0.206 e. The lowest BCUT2D eigenvalue weighted by Crippen LogP contribution is -2.68. The molecule has 0 aromatic heterocycles. The highest BCUT2D eigenvalue weighted by molar-refractivity contribution is 9.26. The maximum absolute atomic E-state index is 11.8. The van der Waals surface area contributed by atoms with Gasteiger partial charge >= 0.3 is 0 Å². The Morgan fingerprint density at radius 3 is 1.46 bits per heavy atom. The first kappa shape index (κ1) is 27.2. The number of hydrogen-bond donors (Lipinski definition) is 0. The summed E-state index contributed by atoms with van der Waals surface area (Å²) < 4.78 is 3.35. The van der Waals surface area contributed by atoms with Crippen LogP contribution < -0.4 is 0 Å². The molecule has 6 heteroatoms. The fraction of sp³-hybridized carbons (Fsp3) is 0.955. The van der Waals surface area contributed by atoms with Crippen molar-refractivity contribution in [3.8, 4) is 0 Å². The number of halogens is 4. The van der Waals surface area contributed by atoms with Gasteiger partial charge in [0.25, 0.3) is 0 Å². The number of carbonyl (C=O) groups excluding carboxylic acids is 1. The van der Waals surface area contributed by atoms with Crippen molar-refractivity contribution >= 4 is 60.8 Å². The lowest BCUT2D eigenvalue weighted by molar-refractivity contribution is -0.136. The van der Waals surface area contributed by atoms with Gasteiger partial charge in [-0.2, -0.15) is 0 Å². The van der Waals surface area contributed by atoms with Gasteiger partial charge in [0.15, 0.2) is 3.23 Å². The van der Waals surface area contributed by atoms with Crippen LogP contribution in [0, 0.1) is 0 Å². The molecule has 0 heterocycles. The van der Waals surface area contributed by atoms with Crippen molar-refractivity contribution in [2.75, 3.05) is 6.61 Å². The first-order valence-corrected chi connectivity index (χ1v) is 13.6. The van der Waals surface area contributed by atoms with Crippen LogP contribution in [-0.2, 0) is 9.53 Å². The number of Topliss-reactive ketones (excluding diaryl/α,β-unsaturated/α-hetero) is 1. The van der Waals surface area contributed by atoms with Crippen LogP contribution in [0.1, 0.15) is 110 Å². The van der Waals surface area contributed by atoms with Gasteiger partial charge in [-0.1, -0.05) is 158 Å². The van der Waals surface area contributed by atoms with E-state index in [0.29, 0.717) is 6.61 Å². The number of rotatable bonds is 18. The molecule has 0 amide bonds. The van der Waals surface area contributed by atoms with Gasteiger partial charge in [0, 0.05) is 6.61 Å². The van der Waals surface area contributed by atoms with Gasteiger partial charge in [-0.25, -0.2) is 0 Å². The van der Waals surface area contributed by atoms with Crippen molar-refractivity contribution in [1.29, 1.82) is 0 Å². The Morgan fingerprint density at radius 1 is 0.750 bits per heavy atom. The molecule has 0 aromatic rings. The Bertz CT molecular complexity index is 413. The molecule has 1 saturated carbocycles. The van der Waals surface area contributed by atoms with Crippen molar-refractivity contribution < 1.29 is 9.53 Å². The summed E-state index contributed by atoms with van der Waals surface area (Å²) in [5.41, 5.74) is 0. The van der Waals surface area contributed by atoms with Crippen molar-refractivity contribution in [1.82, 2.24) is 0 Å². The third kappa shape index (κ3) is 9.54. The average Bonchev–Trinajstić information content (AvgIpc) is 2.66. The number of ketones is 1. The molecule has 1 aliphatic carbocycles. The van der Waals surface area contributed by atoms with Gasteiger partial charge in [-0.15, -0.1) is 0 Å². The Labute approximate surface area is 199 Å². The first-order valence-electron chi connectivity index (χ1n) is 11.3. The van der Waals surface area contributed by atoms with Crippen molar-refractivity contribution in [3.63, 3.8) is 0 Å². The number of alkyl halides is 4. The standard InChI is InChI=1S/C22H38Br2Cl2O2/c1-2-3-4-5-6-7-8-9-10-11-12-13-14-15-16-17-18-28-20-21(23,24)19(27)22(20,25)26/h20H,2-18H2,1H3. The predicted octanol–water partition coefficient (Wildman–Crippen LogP) is 8.88. The largest absolute Gasteiger partial charge is 0.372 e. The van der Waals surface area contributed by atoms with E-state index in [0.717, 1.165) is 12.8 Å². The zero-order chi connectivity index (χ0) is 20.9. The molecule has 0 spiro atoms. The molecule has 166 valence electrons. The summed E-state index contributed by atoms with van der Waals surface area (Å²) in [5.74, 6) is -0.291. The van der Waals surface area contributed by atoms with E-state index in [1.807, 2.05) is 0 Å². The molecule has 0 aromatic carbocycles. The monoisotopic (exact) mass is 562 g/mol. The second-order valence-electron chi connectivity index (χ2n) is 8.13. The van der Waals surface area contributed by atoms with Gasteiger partial charge in [0.2, 0.25) is 10.1 Å². The van der Waals surface area contributed by atoms with Crippen LogP contribution in [0.25, 0.3) is 0 Å². The van der Waals surface area contributed by atoms with Crippen molar-refractivity contribution in [2.45, 2.75) is 123 Å². The number of unbranched alkanes of at least 4 members (excludes halogenated alkanes) is 15. The minimum atomic E-state index is -1.44. The van der Waals surface area contributed by atoms with Crippen LogP contribution in [0.5, 0.6) is 0 Å². The fourth-order valence-corrected chi connectivity index (χ4v) is 6.98. The molecule has 28 heavy (non-hydrogen) atoms. The van der Waals surface area contributed by atoms with E-state index in [4.69, 9.17) is 27.9 Å². The normalized spacial score (nSPS) is 20.3. The minimum absolute atomic E-state index is 0.291. The summed E-state index contributed by atoms with van der Waals surface area (Å²) in [6, 6.07) is 0. The molecule has 0 N–H and O–H groups in total. The molecule has 1 fully saturated rings. The maximum atomic E-state index is 11.8. The van der Waals surface area contributed by atoms with Crippen LogP contribution in [0.15, 0.2) is 0 Å². The van der Waals surface area contributed by atoms with E-state index < -0.39 is 13.7 Å². The molecule has 0 aliphatic heterocycles. The average molecular weight is 565 g/mol. The smallest absolute Gasteiger partial charge is 0.206 e. The SMILES string of the molecule is CCCCCCCCCCCCCCCCCCOC1C(Cl)(Cl)C(=O)C1(Br)Br. The number of hydrogen-bond acceptors (Lipinski definition) is 2. The molecule has 0 saturated heterocycles. The fourth-order valence-electron chi connectivity index (χ4n) is 3.67. The topological polar surface area (TPSA) is 26.3 Å². The van der Waals surface area contributed by atoms with Crippen LogP contribution in [0.2, 0.25) is 0 Å². The van der Waals surface area contributed by atoms with Crippen LogP contribution in [0.4, 0.5) is 0 Å². The molecule has 1 atom stereocenters. The summed E-state index contributed by atoms with van der Waals surface area (Å²) in [4.78, 5) is 11.8. The van der Waals surface area contributed by atoms with E-state index in [2.05, 4.69) is 38.8 Å². The third-order valence-corrected chi connectivity index (χ3v) is 7.84. The van der Waals surface area contributed by atoms with Gasteiger partial charge in [-0.3, -0.25) is 4.79 Å². The lowest BCUT2D eigenvalue weighted by atomic mass is 9.92. The number of ether oxygens (including phenoxy) is 1. The summed E-state index contributed by atoms with van der Waals surface area (Å²) in [5, 5.41) is 0. The molecule has 1 unspecified atom stereocenters. The minimum Gasteiger partial charge on any atom is -0.372 e. The summed E-state index contributed by atoms with van der Waals surface area (Å²) in [6.45, 7) is 2.86. The Balaban J connectivity index is 1.81. The van der Waals surface area contributed by atoms with Crippen LogP contribution >= 0.6 is 55.1 Å². The highest BCUT2D eigenvalue weighted by atomic mass is 79.9. The third-order valence-electron chi connectivity index (χ3n) is 5.55. The van der Waals surface area contributed by atoms with Gasteiger partial charge in [-0.05, 0) is 6.42 Å². The Morgan fingerprint density at radius 2 is 1.11 bits per heavy atom. The van der Waals surface area contributed by atoms with Crippen molar-refractivity contribution in [2.24, 2.45) is 0 Å². The van der Waals surface area contributed by atoms with E-state index in [-0.39, 0.29) is 5.78 Å². The molecule has 1 aliphatic rings. The molecule has 1 rings (SSSR count). The zero-order valence-corrected chi connectivity index (χ0v) is 22.1. The molecule has 2 nitrogen and oxygen atoms in total. The van der Waals surface area contributed by atoms with E-state index in [9.17, 15) is 4.79 Å². The van der Waals surface area contributed by atoms with Gasteiger partial charge in [0.1, 0.15) is 6.10 Å². The number of carbonyl (C=O) groups is 1. The second-order valence-corrected chi connectivity index (χ2v) is 13.1. The van der Waals surface area contributed by atoms with E-state index >= 15 is 0 Å². The van der Waals surface area contributed by atoms with Crippen LogP contribution in [0.3, 0.4) is 0 Å². The Kier molecular flexibility index (Phi) is 14.6. The predicted molar refractivity (Wildman–Crippen MR) is 129 cm³/mol. The summed E-state index contributed by atoms with van der Waals surface area (Å²) >= 11 is 18.6. The summed E-state index contributed by atoms with van der Waals surface area (Å²) in [7, 11) is 0. The zero-order valence-electron chi connectivity index (χ0n) is 17.4. The second kappa shape index (κ2) is 15.1. The highest BCUT2D eigenvalue weighted by Crippen LogP contribution is 2.56. The van der Waals surface area contributed by atoms with Crippen molar-refractivity contribution in [3.05, 3.63) is 0 Å². The van der Waals surface area contributed by atoms with Gasteiger partial charge < -0.3 is 4.74 Å². The quantitative estimate of drug-likeness (QED) is 0.123. The summed E-state index contributed by atoms with van der Waals surface area (Å²) in [6.07, 6.45) is 20.9. The molecule has 0 radical (unpaired) electrons. The first-order chi connectivity index (χ1) is 13.3. The molecular weight excluding hydrogens is 527 g/mol. The lowest BCUT2D eigenvalue weighted by Gasteiger charge is -2.47. The molecular formula is C22H38Br2Cl2O2.